The number of aromatic nitrogens is 1. The summed E-state index contributed by atoms with van der Waals surface area (Å²) in [5.74, 6) is -0.563. The quantitative estimate of drug-likeness (QED) is 0.504. The van der Waals surface area contributed by atoms with Crippen molar-refractivity contribution in [2.75, 3.05) is 23.3 Å². The molecule has 7 nitrogen and oxygen atoms in total. The summed E-state index contributed by atoms with van der Waals surface area (Å²) in [6, 6.07) is 16.0. The summed E-state index contributed by atoms with van der Waals surface area (Å²) in [4.78, 5) is 32.0. The monoisotopic (exact) mass is 449 g/mol. The van der Waals surface area contributed by atoms with E-state index < -0.39 is 6.10 Å². The lowest BCUT2D eigenvalue weighted by Gasteiger charge is -2.30. The highest BCUT2D eigenvalue weighted by molar-refractivity contribution is 5.95. The van der Waals surface area contributed by atoms with Gasteiger partial charge in [-0.25, -0.2) is 0 Å². The predicted octanol–water partition coefficient (Wildman–Crippen LogP) is 5.13. The molecule has 0 spiro atoms. The second-order valence-electron chi connectivity index (χ2n) is 8.69. The van der Waals surface area contributed by atoms with Gasteiger partial charge in [-0.05, 0) is 55.9 Å². The molecule has 1 aliphatic rings. The van der Waals surface area contributed by atoms with Crippen LogP contribution in [0.3, 0.4) is 0 Å². The summed E-state index contributed by atoms with van der Waals surface area (Å²) in [7, 11) is 0. The Hall–Kier alpha value is -3.35. The lowest BCUT2D eigenvalue weighted by Crippen LogP contribution is -2.39. The normalized spacial score (nSPS) is 16.4. The number of hydrogen-bond donors (Lipinski definition) is 1. The average Bonchev–Trinajstić information content (AvgIpc) is 3.28. The third kappa shape index (κ3) is 5.18. The van der Waals surface area contributed by atoms with Crippen LogP contribution < -0.4 is 10.2 Å². The molecule has 2 unspecified atom stereocenters. The molecule has 2 atom stereocenters. The Morgan fingerprint density at radius 2 is 1.82 bits per heavy atom. The zero-order chi connectivity index (χ0) is 23.4. The number of nitrogens with zero attached hydrogens (tertiary/aromatic N) is 2. The van der Waals surface area contributed by atoms with Crippen molar-refractivity contribution in [3.63, 3.8) is 0 Å². The molecule has 174 valence electrons. The molecule has 1 saturated heterocycles. The maximum atomic E-state index is 12.7. The van der Waals surface area contributed by atoms with Gasteiger partial charge in [-0.15, -0.1) is 0 Å². The molecule has 1 amide bonds. The first kappa shape index (κ1) is 22.8. The van der Waals surface area contributed by atoms with Crippen LogP contribution in [0.4, 0.5) is 11.7 Å². The fraction of sp³-hybridized carbons (Fsp3) is 0.423. The Bertz CT molecular complexity index is 1080. The highest BCUT2D eigenvalue weighted by Gasteiger charge is 2.30. The van der Waals surface area contributed by atoms with Crippen molar-refractivity contribution in [1.29, 1.82) is 0 Å². The molecule has 1 N–H and O–H groups in total. The second kappa shape index (κ2) is 10.1. The number of amides is 1. The molecule has 2 aromatic carbocycles. The molecule has 1 aliphatic heterocycles. The molecule has 1 fully saturated rings. The van der Waals surface area contributed by atoms with Gasteiger partial charge in [0.1, 0.15) is 5.52 Å². The maximum Gasteiger partial charge on any atom is 0.309 e. The van der Waals surface area contributed by atoms with E-state index in [0.29, 0.717) is 37.9 Å². The predicted molar refractivity (Wildman–Crippen MR) is 128 cm³/mol. The number of anilines is 2. The number of benzene rings is 2. The summed E-state index contributed by atoms with van der Waals surface area (Å²) in [6.07, 6.45) is 1.36. The number of hydrogen-bond acceptors (Lipinski definition) is 6. The van der Waals surface area contributed by atoms with Crippen LogP contribution in [-0.4, -0.2) is 36.1 Å². The maximum absolute atomic E-state index is 12.7. The highest BCUT2D eigenvalue weighted by Crippen LogP contribution is 2.28. The molecule has 3 aromatic rings. The number of carbonyl (C=O) groups is 2. The van der Waals surface area contributed by atoms with Crippen molar-refractivity contribution in [2.45, 2.75) is 52.1 Å². The van der Waals surface area contributed by atoms with Gasteiger partial charge in [0.2, 0.25) is 0 Å². The number of nitrogens with one attached hydrogen (secondary N) is 1. The minimum absolute atomic E-state index is 0.242. The zero-order valence-electron chi connectivity index (χ0n) is 19.4. The first-order valence-corrected chi connectivity index (χ1v) is 11.7. The standard InChI is InChI=1S/C26H31N3O4/c1-4-17(2)20-9-5-6-10-21(20)27-24(30)18(3)32-25(31)19-13-15-29(16-14-19)26-28-22-11-7-8-12-23(22)33-26/h5-12,17-19H,4,13-16H2,1-3H3,(H,27,30). The summed E-state index contributed by atoms with van der Waals surface area (Å²) >= 11 is 0. The number of piperidine rings is 1. The molecule has 33 heavy (non-hydrogen) atoms. The van der Waals surface area contributed by atoms with Gasteiger partial charge in [-0.1, -0.05) is 44.2 Å². The number of fused-ring (bicyclic) bond motifs is 1. The average molecular weight is 450 g/mol. The summed E-state index contributed by atoms with van der Waals surface area (Å²) in [6.45, 7) is 7.16. The lowest BCUT2D eigenvalue weighted by atomic mass is 9.96. The van der Waals surface area contributed by atoms with E-state index in [9.17, 15) is 9.59 Å². The molecule has 0 aliphatic carbocycles. The van der Waals surface area contributed by atoms with Crippen molar-refractivity contribution in [2.24, 2.45) is 5.92 Å². The van der Waals surface area contributed by atoms with E-state index in [-0.39, 0.29) is 17.8 Å². The van der Waals surface area contributed by atoms with E-state index in [1.165, 1.54) is 0 Å². The van der Waals surface area contributed by atoms with Gasteiger partial charge in [0.05, 0.1) is 5.92 Å². The Balaban J connectivity index is 1.30. The van der Waals surface area contributed by atoms with Crippen molar-refractivity contribution in [1.82, 2.24) is 4.98 Å². The molecular weight excluding hydrogens is 418 g/mol. The van der Waals surface area contributed by atoms with Crippen molar-refractivity contribution in [3.05, 3.63) is 54.1 Å². The van der Waals surface area contributed by atoms with Gasteiger partial charge in [0.15, 0.2) is 11.7 Å². The van der Waals surface area contributed by atoms with Crippen LogP contribution in [0, 0.1) is 5.92 Å². The third-order valence-electron chi connectivity index (χ3n) is 6.41. The molecule has 4 rings (SSSR count). The molecule has 0 radical (unpaired) electrons. The van der Waals surface area contributed by atoms with Gasteiger partial charge in [0, 0.05) is 18.8 Å². The number of ether oxygens (including phenoxy) is 1. The summed E-state index contributed by atoms with van der Waals surface area (Å²) in [5.41, 5.74) is 3.43. The minimum atomic E-state index is -0.863. The van der Waals surface area contributed by atoms with Gasteiger partial charge < -0.3 is 19.4 Å². The highest BCUT2D eigenvalue weighted by atomic mass is 16.5. The number of rotatable bonds is 7. The van der Waals surface area contributed by atoms with Crippen LogP contribution >= 0.6 is 0 Å². The number of para-hydroxylation sites is 3. The SMILES string of the molecule is CCC(C)c1ccccc1NC(=O)C(C)OC(=O)C1CCN(c2nc3ccccc3o2)CC1. The fourth-order valence-electron chi connectivity index (χ4n) is 4.12. The smallest absolute Gasteiger partial charge is 0.309 e. The van der Waals surface area contributed by atoms with Crippen LogP contribution in [0.1, 0.15) is 51.5 Å². The summed E-state index contributed by atoms with van der Waals surface area (Å²) < 4.78 is 11.4. The Morgan fingerprint density at radius 3 is 2.55 bits per heavy atom. The Labute approximate surface area is 194 Å². The Morgan fingerprint density at radius 1 is 1.12 bits per heavy atom. The number of carbonyl (C=O) groups excluding carboxylic acids is 2. The number of oxazole rings is 1. The molecule has 7 heteroatoms. The van der Waals surface area contributed by atoms with Crippen molar-refractivity contribution >= 4 is 34.7 Å². The molecule has 0 bridgehead atoms. The largest absolute Gasteiger partial charge is 0.452 e. The van der Waals surface area contributed by atoms with E-state index in [1.807, 2.05) is 53.4 Å². The van der Waals surface area contributed by atoms with Crippen molar-refractivity contribution in [3.8, 4) is 0 Å². The van der Waals surface area contributed by atoms with Gasteiger partial charge in [-0.2, -0.15) is 4.98 Å². The van der Waals surface area contributed by atoms with Crippen LogP contribution in [0.2, 0.25) is 0 Å². The molecule has 2 heterocycles. The van der Waals surface area contributed by atoms with E-state index in [0.717, 1.165) is 28.8 Å². The fourth-order valence-corrected chi connectivity index (χ4v) is 4.12. The van der Waals surface area contributed by atoms with Crippen LogP contribution in [0.5, 0.6) is 0 Å². The van der Waals surface area contributed by atoms with Gasteiger partial charge >= 0.3 is 5.97 Å². The van der Waals surface area contributed by atoms with Crippen LogP contribution in [0.25, 0.3) is 11.1 Å². The Kier molecular flexibility index (Phi) is 6.96. The van der Waals surface area contributed by atoms with E-state index in [1.54, 1.807) is 6.92 Å². The first-order chi connectivity index (χ1) is 16.0. The third-order valence-corrected chi connectivity index (χ3v) is 6.41. The van der Waals surface area contributed by atoms with Crippen LogP contribution in [0.15, 0.2) is 52.9 Å². The first-order valence-electron chi connectivity index (χ1n) is 11.7. The van der Waals surface area contributed by atoms with E-state index in [4.69, 9.17) is 9.15 Å². The second-order valence-corrected chi connectivity index (χ2v) is 8.69. The van der Waals surface area contributed by atoms with E-state index in [2.05, 4.69) is 24.1 Å². The number of esters is 1. The zero-order valence-corrected chi connectivity index (χ0v) is 19.4. The van der Waals surface area contributed by atoms with E-state index >= 15 is 0 Å². The minimum Gasteiger partial charge on any atom is -0.452 e. The van der Waals surface area contributed by atoms with Gasteiger partial charge in [-0.3, -0.25) is 9.59 Å². The van der Waals surface area contributed by atoms with Crippen LogP contribution in [-0.2, 0) is 14.3 Å². The molecule has 1 aromatic heterocycles. The molecule has 0 saturated carbocycles. The summed E-state index contributed by atoms with van der Waals surface area (Å²) in [5, 5.41) is 2.93. The molecular formula is C26H31N3O4. The van der Waals surface area contributed by atoms with Crippen molar-refractivity contribution < 1.29 is 18.7 Å². The van der Waals surface area contributed by atoms with Gasteiger partial charge in [0.25, 0.3) is 11.9 Å². The topological polar surface area (TPSA) is 84.7 Å². The lowest BCUT2D eigenvalue weighted by molar-refractivity contribution is -0.158.